The lowest BCUT2D eigenvalue weighted by atomic mass is 10.0. The molecule has 0 bridgehead atoms. The molecule has 0 aliphatic carbocycles. The van der Waals surface area contributed by atoms with Crippen molar-refractivity contribution in [2.75, 3.05) is 25.4 Å². The van der Waals surface area contributed by atoms with Crippen LogP contribution in [0.5, 0.6) is 5.75 Å². The van der Waals surface area contributed by atoms with E-state index in [1.807, 2.05) is 24.3 Å². The number of rotatable bonds is 5. The van der Waals surface area contributed by atoms with Crippen LogP contribution in [0.4, 0.5) is 0 Å². The Morgan fingerprint density at radius 2 is 1.83 bits per heavy atom. The number of halogens is 1. The number of hydrogen-bond donors (Lipinski definition) is 0. The highest BCUT2D eigenvalue weighted by Crippen LogP contribution is 2.33. The second kappa shape index (κ2) is 9.18. The predicted molar refractivity (Wildman–Crippen MR) is 115 cm³/mol. The molecule has 1 aliphatic rings. The zero-order chi connectivity index (χ0) is 21.0. The molecule has 5 nitrogen and oxygen atoms in total. The molecule has 2 aromatic carbocycles. The van der Waals surface area contributed by atoms with Crippen LogP contribution in [0, 0.1) is 0 Å². The molecule has 3 rings (SSSR count). The largest absolute Gasteiger partial charge is 0.484 e. The molecule has 1 saturated heterocycles. The van der Waals surface area contributed by atoms with Crippen molar-refractivity contribution in [1.82, 2.24) is 4.90 Å². The lowest BCUT2D eigenvalue weighted by Gasteiger charge is -2.20. The molecule has 1 fully saturated rings. The van der Waals surface area contributed by atoms with Gasteiger partial charge >= 0.3 is 0 Å². The lowest BCUT2D eigenvalue weighted by Crippen LogP contribution is -2.37. The minimum atomic E-state index is -3.40. The van der Waals surface area contributed by atoms with E-state index in [2.05, 4.69) is 13.8 Å². The minimum absolute atomic E-state index is 0.0856. The zero-order valence-corrected chi connectivity index (χ0v) is 18.2. The van der Waals surface area contributed by atoms with Gasteiger partial charge in [0.2, 0.25) is 0 Å². The van der Waals surface area contributed by atoms with E-state index < -0.39 is 15.1 Å². The van der Waals surface area contributed by atoms with Crippen molar-refractivity contribution < 1.29 is 17.9 Å². The summed E-state index contributed by atoms with van der Waals surface area (Å²) >= 11 is 6.22. The van der Waals surface area contributed by atoms with Crippen molar-refractivity contribution in [3.8, 4) is 5.75 Å². The fourth-order valence-electron chi connectivity index (χ4n) is 3.46. The second-order valence-electron chi connectivity index (χ2n) is 7.56. The number of nitrogens with zero attached hydrogens (tertiary/aromatic N) is 1. The molecular formula is C22H26ClNO4S. The van der Waals surface area contributed by atoms with Crippen LogP contribution >= 0.6 is 11.6 Å². The van der Waals surface area contributed by atoms with Gasteiger partial charge in [0.15, 0.2) is 16.4 Å². The Morgan fingerprint density at radius 1 is 1.14 bits per heavy atom. The first-order valence-electron chi connectivity index (χ1n) is 9.74. The maximum Gasteiger partial charge on any atom is 0.260 e. The summed E-state index contributed by atoms with van der Waals surface area (Å²) in [6.07, 6.45) is 0.320. The monoisotopic (exact) mass is 435 g/mol. The normalized spacial score (nSPS) is 19.0. The third kappa shape index (κ3) is 5.31. The molecule has 29 heavy (non-hydrogen) atoms. The van der Waals surface area contributed by atoms with Gasteiger partial charge in [0.25, 0.3) is 5.91 Å². The SMILES string of the molecule is CC(C)c1ccc(OCC(=O)N2CCC(c3ccccc3Cl)S(=O)(=O)CC2)cc1. The summed E-state index contributed by atoms with van der Waals surface area (Å²) in [4.78, 5) is 14.2. The van der Waals surface area contributed by atoms with Crippen molar-refractivity contribution in [3.63, 3.8) is 0 Å². The van der Waals surface area contributed by atoms with Gasteiger partial charge in [-0.15, -0.1) is 0 Å². The molecule has 0 N–H and O–H groups in total. The van der Waals surface area contributed by atoms with Gasteiger partial charge in [0, 0.05) is 18.1 Å². The molecule has 0 saturated carbocycles. The summed E-state index contributed by atoms with van der Waals surface area (Å²) in [7, 11) is -3.40. The van der Waals surface area contributed by atoms with Crippen molar-refractivity contribution in [3.05, 3.63) is 64.7 Å². The standard InChI is InChI=1S/C22H26ClNO4S/c1-16(2)17-7-9-18(10-8-17)28-15-22(25)24-12-11-21(29(26,27)14-13-24)19-5-3-4-6-20(19)23/h3-10,16,21H,11-15H2,1-2H3. The first kappa shape index (κ1) is 21.7. The van der Waals surface area contributed by atoms with E-state index in [-0.39, 0.29) is 24.8 Å². The zero-order valence-electron chi connectivity index (χ0n) is 16.7. The highest BCUT2D eigenvalue weighted by Gasteiger charge is 2.33. The number of hydrogen-bond acceptors (Lipinski definition) is 4. The summed E-state index contributed by atoms with van der Waals surface area (Å²) < 4.78 is 31.1. The molecule has 1 atom stereocenters. The summed E-state index contributed by atoms with van der Waals surface area (Å²) in [6.45, 7) is 4.63. The van der Waals surface area contributed by atoms with Crippen LogP contribution in [-0.2, 0) is 14.6 Å². The van der Waals surface area contributed by atoms with Crippen molar-refractivity contribution in [1.29, 1.82) is 0 Å². The van der Waals surface area contributed by atoms with E-state index in [9.17, 15) is 13.2 Å². The van der Waals surface area contributed by atoms with Gasteiger partial charge in [0.05, 0.1) is 11.0 Å². The topological polar surface area (TPSA) is 63.7 Å². The number of benzene rings is 2. The highest BCUT2D eigenvalue weighted by atomic mass is 35.5. The molecule has 1 heterocycles. The first-order valence-corrected chi connectivity index (χ1v) is 11.8. The fraction of sp³-hybridized carbons (Fsp3) is 0.409. The molecule has 1 unspecified atom stereocenters. The molecule has 0 aromatic heterocycles. The summed E-state index contributed by atoms with van der Waals surface area (Å²) in [5.74, 6) is 0.750. The molecule has 0 radical (unpaired) electrons. The third-order valence-electron chi connectivity index (χ3n) is 5.25. The average molecular weight is 436 g/mol. The first-order chi connectivity index (χ1) is 13.8. The third-order valence-corrected chi connectivity index (χ3v) is 7.71. The Kier molecular flexibility index (Phi) is 6.85. The number of sulfone groups is 1. The minimum Gasteiger partial charge on any atom is -0.484 e. The maximum atomic E-state index is 12.8. The molecule has 1 amide bonds. The van der Waals surface area contributed by atoms with Crippen LogP contribution in [0.15, 0.2) is 48.5 Å². The van der Waals surface area contributed by atoms with Gasteiger partial charge in [-0.25, -0.2) is 8.42 Å². The van der Waals surface area contributed by atoms with E-state index in [1.54, 1.807) is 29.2 Å². The number of carbonyl (C=O) groups excluding carboxylic acids is 1. The van der Waals surface area contributed by atoms with Crippen LogP contribution in [-0.4, -0.2) is 44.7 Å². The van der Waals surface area contributed by atoms with Crippen LogP contribution in [0.3, 0.4) is 0 Å². The van der Waals surface area contributed by atoms with E-state index in [0.29, 0.717) is 35.2 Å². The molecular weight excluding hydrogens is 410 g/mol. The van der Waals surface area contributed by atoms with Gasteiger partial charge in [-0.3, -0.25) is 4.79 Å². The quantitative estimate of drug-likeness (QED) is 0.704. The van der Waals surface area contributed by atoms with Crippen LogP contribution in [0.2, 0.25) is 5.02 Å². The number of ether oxygens (including phenoxy) is 1. The number of carbonyl (C=O) groups is 1. The number of amides is 1. The molecule has 156 valence electrons. The van der Waals surface area contributed by atoms with Gasteiger partial charge in [0.1, 0.15) is 5.75 Å². The Balaban J connectivity index is 1.63. The van der Waals surface area contributed by atoms with E-state index >= 15 is 0 Å². The molecule has 2 aromatic rings. The summed E-state index contributed by atoms with van der Waals surface area (Å²) in [5.41, 5.74) is 1.80. The Morgan fingerprint density at radius 3 is 2.48 bits per heavy atom. The van der Waals surface area contributed by atoms with Crippen LogP contribution < -0.4 is 4.74 Å². The van der Waals surface area contributed by atoms with Crippen molar-refractivity contribution in [2.24, 2.45) is 0 Å². The van der Waals surface area contributed by atoms with Gasteiger partial charge in [-0.1, -0.05) is 55.8 Å². The summed E-state index contributed by atoms with van der Waals surface area (Å²) in [6, 6.07) is 14.7. The molecule has 7 heteroatoms. The lowest BCUT2D eigenvalue weighted by molar-refractivity contribution is -0.133. The smallest absolute Gasteiger partial charge is 0.260 e. The Hall–Kier alpha value is -2.05. The maximum absolute atomic E-state index is 12.8. The Bertz CT molecular complexity index is 957. The van der Waals surface area contributed by atoms with Gasteiger partial charge in [-0.2, -0.15) is 0 Å². The van der Waals surface area contributed by atoms with E-state index in [1.165, 1.54) is 5.56 Å². The van der Waals surface area contributed by atoms with Crippen LogP contribution in [0.25, 0.3) is 0 Å². The fourth-order valence-corrected chi connectivity index (χ4v) is 5.61. The summed E-state index contributed by atoms with van der Waals surface area (Å²) in [5, 5.41) is -0.257. The van der Waals surface area contributed by atoms with Gasteiger partial charge in [-0.05, 0) is 41.7 Å². The Labute approximate surface area is 177 Å². The predicted octanol–water partition coefficient (Wildman–Crippen LogP) is 4.23. The van der Waals surface area contributed by atoms with Crippen molar-refractivity contribution in [2.45, 2.75) is 31.4 Å². The van der Waals surface area contributed by atoms with E-state index in [0.717, 1.165) is 0 Å². The second-order valence-corrected chi connectivity index (χ2v) is 10.3. The van der Waals surface area contributed by atoms with Crippen LogP contribution in [0.1, 0.15) is 42.6 Å². The highest BCUT2D eigenvalue weighted by molar-refractivity contribution is 7.91. The van der Waals surface area contributed by atoms with Gasteiger partial charge < -0.3 is 9.64 Å². The molecule has 0 spiro atoms. The average Bonchev–Trinajstić information content (AvgIpc) is 2.85. The molecule has 1 aliphatic heterocycles. The van der Waals surface area contributed by atoms with Crippen molar-refractivity contribution >= 4 is 27.3 Å². The van der Waals surface area contributed by atoms with E-state index in [4.69, 9.17) is 16.3 Å².